The summed E-state index contributed by atoms with van der Waals surface area (Å²) in [6, 6.07) is 20.1. The highest BCUT2D eigenvalue weighted by Crippen LogP contribution is 2.37. The van der Waals surface area contributed by atoms with E-state index < -0.39 is 5.91 Å². The van der Waals surface area contributed by atoms with Crippen molar-refractivity contribution < 1.29 is 19.1 Å². The van der Waals surface area contributed by atoms with Crippen molar-refractivity contribution in [3.05, 3.63) is 87.4 Å². The number of hydrogen-bond donors (Lipinski definition) is 2. The standard InChI is InChI=1S/C28H26BrN3O4/c1-4-35-25-15-20(13-21(16-30)28(34)32-24-8-6-5-7-19(24)3)14-23(29)27(25)36-17-26(33)31-22-11-9-18(2)10-12-22/h5-15H,4,17H2,1-3H3,(H,31,33)(H,32,34)/b21-13+. The van der Waals surface area contributed by atoms with Crippen molar-refractivity contribution in [1.82, 2.24) is 0 Å². The number of ether oxygens (including phenoxy) is 2. The number of nitriles is 1. The molecule has 0 radical (unpaired) electrons. The molecule has 184 valence electrons. The molecule has 36 heavy (non-hydrogen) atoms. The first-order valence-electron chi connectivity index (χ1n) is 11.2. The summed E-state index contributed by atoms with van der Waals surface area (Å²) in [4.78, 5) is 25.1. The number of para-hydroxylation sites is 1. The van der Waals surface area contributed by atoms with Crippen molar-refractivity contribution >= 4 is 45.2 Å². The Morgan fingerprint density at radius 1 is 1.03 bits per heavy atom. The molecule has 0 bridgehead atoms. The molecule has 0 aliphatic rings. The number of aryl methyl sites for hydroxylation is 2. The van der Waals surface area contributed by atoms with Crippen molar-refractivity contribution in [3.63, 3.8) is 0 Å². The van der Waals surface area contributed by atoms with Gasteiger partial charge in [0.25, 0.3) is 11.8 Å². The molecule has 0 fully saturated rings. The van der Waals surface area contributed by atoms with Gasteiger partial charge in [0.05, 0.1) is 11.1 Å². The number of hydrogen-bond acceptors (Lipinski definition) is 5. The van der Waals surface area contributed by atoms with Gasteiger partial charge in [0.2, 0.25) is 0 Å². The van der Waals surface area contributed by atoms with Gasteiger partial charge in [-0.25, -0.2) is 0 Å². The molecule has 3 aromatic rings. The Labute approximate surface area is 218 Å². The molecule has 7 nitrogen and oxygen atoms in total. The number of anilines is 2. The summed E-state index contributed by atoms with van der Waals surface area (Å²) < 4.78 is 12.0. The van der Waals surface area contributed by atoms with Crippen LogP contribution in [0.2, 0.25) is 0 Å². The van der Waals surface area contributed by atoms with Gasteiger partial charge in [-0.2, -0.15) is 5.26 Å². The lowest BCUT2D eigenvalue weighted by atomic mass is 10.1. The second-order valence-electron chi connectivity index (χ2n) is 7.90. The van der Waals surface area contributed by atoms with Crippen molar-refractivity contribution in [1.29, 1.82) is 5.26 Å². The van der Waals surface area contributed by atoms with E-state index in [2.05, 4.69) is 26.6 Å². The summed E-state index contributed by atoms with van der Waals surface area (Å²) in [6.07, 6.45) is 1.47. The fraction of sp³-hybridized carbons (Fsp3) is 0.179. The number of carbonyl (C=O) groups is 2. The van der Waals surface area contributed by atoms with E-state index in [0.29, 0.717) is 39.5 Å². The average molecular weight is 548 g/mol. The predicted molar refractivity (Wildman–Crippen MR) is 144 cm³/mol. The van der Waals surface area contributed by atoms with Crippen LogP contribution in [-0.2, 0) is 9.59 Å². The Morgan fingerprint density at radius 3 is 2.42 bits per heavy atom. The van der Waals surface area contributed by atoms with Crippen molar-refractivity contribution in [2.45, 2.75) is 20.8 Å². The van der Waals surface area contributed by atoms with Gasteiger partial charge < -0.3 is 20.1 Å². The molecule has 0 heterocycles. The van der Waals surface area contributed by atoms with Gasteiger partial charge in [0.1, 0.15) is 11.6 Å². The van der Waals surface area contributed by atoms with E-state index >= 15 is 0 Å². The van der Waals surface area contributed by atoms with E-state index in [0.717, 1.165) is 11.1 Å². The summed E-state index contributed by atoms with van der Waals surface area (Å²) >= 11 is 3.46. The summed E-state index contributed by atoms with van der Waals surface area (Å²) in [5.41, 5.74) is 3.77. The van der Waals surface area contributed by atoms with Gasteiger partial charge in [0.15, 0.2) is 18.1 Å². The Bertz CT molecular complexity index is 1330. The van der Waals surface area contributed by atoms with Crippen LogP contribution in [0.25, 0.3) is 6.08 Å². The highest BCUT2D eigenvalue weighted by molar-refractivity contribution is 9.10. The maximum absolute atomic E-state index is 12.7. The average Bonchev–Trinajstić information content (AvgIpc) is 2.85. The van der Waals surface area contributed by atoms with Crippen LogP contribution in [0.4, 0.5) is 11.4 Å². The molecule has 0 saturated heterocycles. The lowest BCUT2D eigenvalue weighted by Crippen LogP contribution is -2.20. The first kappa shape index (κ1) is 26.5. The number of nitrogens with zero attached hydrogens (tertiary/aromatic N) is 1. The second kappa shape index (κ2) is 12.6. The van der Waals surface area contributed by atoms with Crippen molar-refractivity contribution in [2.24, 2.45) is 0 Å². The molecule has 8 heteroatoms. The smallest absolute Gasteiger partial charge is 0.266 e. The quantitative estimate of drug-likeness (QED) is 0.251. The number of rotatable bonds is 9. The highest BCUT2D eigenvalue weighted by Gasteiger charge is 2.16. The predicted octanol–water partition coefficient (Wildman–Crippen LogP) is 6.03. The lowest BCUT2D eigenvalue weighted by molar-refractivity contribution is -0.118. The SMILES string of the molecule is CCOc1cc(/C=C(\C#N)C(=O)Nc2ccccc2C)cc(Br)c1OCC(=O)Nc1ccc(C)cc1. The maximum atomic E-state index is 12.7. The molecule has 0 unspecified atom stereocenters. The molecule has 3 aromatic carbocycles. The third-order valence-electron chi connectivity index (χ3n) is 5.08. The van der Waals surface area contributed by atoms with Gasteiger partial charge in [-0.05, 0) is 84.2 Å². The van der Waals surface area contributed by atoms with Gasteiger partial charge in [0, 0.05) is 11.4 Å². The van der Waals surface area contributed by atoms with Crippen LogP contribution in [0.3, 0.4) is 0 Å². The molecule has 0 saturated carbocycles. The zero-order chi connectivity index (χ0) is 26.1. The third kappa shape index (κ3) is 7.20. The monoisotopic (exact) mass is 547 g/mol. The molecule has 2 amide bonds. The maximum Gasteiger partial charge on any atom is 0.266 e. The zero-order valence-electron chi connectivity index (χ0n) is 20.2. The number of halogens is 1. The molecule has 0 spiro atoms. The van der Waals surface area contributed by atoms with E-state index in [9.17, 15) is 14.9 Å². The minimum atomic E-state index is -0.519. The zero-order valence-corrected chi connectivity index (χ0v) is 21.8. The molecule has 2 N–H and O–H groups in total. The minimum Gasteiger partial charge on any atom is -0.490 e. The van der Waals surface area contributed by atoms with E-state index in [-0.39, 0.29) is 18.1 Å². The first-order valence-corrected chi connectivity index (χ1v) is 12.0. The minimum absolute atomic E-state index is 0.0706. The third-order valence-corrected chi connectivity index (χ3v) is 5.67. The molecule has 0 aliphatic carbocycles. The molecule has 0 atom stereocenters. The molecule has 0 aliphatic heterocycles. The van der Waals surface area contributed by atoms with E-state index in [1.807, 2.05) is 69.3 Å². The van der Waals surface area contributed by atoms with E-state index in [1.54, 1.807) is 18.2 Å². The number of amides is 2. The normalized spacial score (nSPS) is 10.8. The molecular weight excluding hydrogens is 522 g/mol. The number of benzene rings is 3. The summed E-state index contributed by atoms with van der Waals surface area (Å²) in [7, 11) is 0. The fourth-order valence-electron chi connectivity index (χ4n) is 3.26. The van der Waals surface area contributed by atoms with Gasteiger partial charge >= 0.3 is 0 Å². The summed E-state index contributed by atoms with van der Waals surface area (Å²) in [5.74, 6) is -0.125. The van der Waals surface area contributed by atoms with Crippen LogP contribution in [0, 0.1) is 25.2 Å². The van der Waals surface area contributed by atoms with Gasteiger partial charge in [-0.3, -0.25) is 9.59 Å². The van der Waals surface area contributed by atoms with Crippen LogP contribution < -0.4 is 20.1 Å². The number of carbonyl (C=O) groups excluding carboxylic acids is 2. The Hall–Kier alpha value is -4.09. The number of nitrogens with one attached hydrogen (secondary N) is 2. The van der Waals surface area contributed by atoms with Crippen LogP contribution in [0.15, 0.2) is 70.7 Å². The van der Waals surface area contributed by atoms with Gasteiger partial charge in [-0.15, -0.1) is 0 Å². The summed E-state index contributed by atoms with van der Waals surface area (Å²) in [6.45, 7) is 5.78. The largest absolute Gasteiger partial charge is 0.490 e. The molecule has 0 aromatic heterocycles. The van der Waals surface area contributed by atoms with Crippen LogP contribution in [-0.4, -0.2) is 25.0 Å². The lowest BCUT2D eigenvalue weighted by Gasteiger charge is -2.15. The molecular formula is C28H26BrN3O4. The van der Waals surface area contributed by atoms with Crippen LogP contribution in [0.1, 0.15) is 23.6 Å². The highest BCUT2D eigenvalue weighted by atomic mass is 79.9. The van der Waals surface area contributed by atoms with Crippen LogP contribution in [0.5, 0.6) is 11.5 Å². The van der Waals surface area contributed by atoms with Gasteiger partial charge in [-0.1, -0.05) is 35.9 Å². The fourth-order valence-corrected chi connectivity index (χ4v) is 3.84. The van der Waals surface area contributed by atoms with E-state index in [4.69, 9.17) is 9.47 Å². The Balaban J connectivity index is 1.77. The second-order valence-corrected chi connectivity index (χ2v) is 8.76. The topological polar surface area (TPSA) is 100 Å². The Kier molecular flexibility index (Phi) is 9.25. The van der Waals surface area contributed by atoms with E-state index in [1.165, 1.54) is 6.08 Å². The molecule has 3 rings (SSSR count). The Morgan fingerprint density at radius 2 is 1.75 bits per heavy atom. The van der Waals surface area contributed by atoms with Crippen molar-refractivity contribution in [3.8, 4) is 17.6 Å². The summed E-state index contributed by atoms with van der Waals surface area (Å²) in [5, 5.41) is 15.1. The van der Waals surface area contributed by atoms with Crippen molar-refractivity contribution in [2.75, 3.05) is 23.8 Å². The first-order chi connectivity index (χ1) is 17.3. The van der Waals surface area contributed by atoms with Crippen LogP contribution >= 0.6 is 15.9 Å².